The maximum atomic E-state index is 2.50. The van der Waals surface area contributed by atoms with Crippen LogP contribution in [0.2, 0.25) is 0 Å². The molecule has 0 amide bonds. The van der Waals surface area contributed by atoms with Gasteiger partial charge < -0.3 is 9.13 Å². The van der Waals surface area contributed by atoms with Gasteiger partial charge in [-0.3, -0.25) is 0 Å². The van der Waals surface area contributed by atoms with Crippen LogP contribution in [0.5, 0.6) is 0 Å². The summed E-state index contributed by atoms with van der Waals surface area (Å²) in [6, 6.07) is 72.0. The molecule has 0 aliphatic heterocycles. The van der Waals surface area contributed by atoms with Crippen molar-refractivity contribution in [3.05, 3.63) is 194 Å². The monoisotopic (exact) mass is 738 g/mol. The molecule has 0 aliphatic carbocycles. The summed E-state index contributed by atoms with van der Waals surface area (Å²) in [7, 11) is 4.43. The van der Waals surface area contributed by atoms with Crippen LogP contribution >= 0.6 is 0 Å². The lowest BCUT2D eigenvalue weighted by Gasteiger charge is -2.21. The molecule has 272 valence electrons. The molecule has 0 radical (unpaired) electrons. The van der Waals surface area contributed by atoms with E-state index in [1.807, 2.05) is 0 Å². The van der Waals surface area contributed by atoms with Gasteiger partial charge in [0.2, 0.25) is 0 Å². The van der Waals surface area contributed by atoms with Crippen LogP contribution in [-0.4, -0.2) is 9.13 Å². The molecule has 0 aliphatic rings. The predicted octanol–water partition coefficient (Wildman–Crippen LogP) is 15.1. The molecular weight excluding hydrogens is 701 g/mol. The van der Waals surface area contributed by atoms with Crippen molar-refractivity contribution >= 4 is 75.9 Å². The molecule has 12 rings (SSSR count). The second-order valence-corrected chi connectivity index (χ2v) is 15.7. The summed E-state index contributed by atoms with van der Waals surface area (Å²) in [5.74, 6) is 0. The fourth-order valence-corrected chi connectivity index (χ4v) is 10.2. The summed E-state index contributed by atoms with van der Waals surface area (Å²) in [5, 5.41) is 12.6. The van der Waals surface area contributed by atoms with E-state index in [1.54, 1.807) is 0 Å². The maximum Gasteiger partial charge on any atom is 0.0568 e. The lowest BCUT2D eigenvalue weighted by atomic mass is 9.82. The van der Waals surface area contributed by atoms with Crippen LogP contribution < -0.4 is 0 Å². The Labute approximate surface area is 336 Å². The Hall–Kier alpha value is -7.42. The largest absolute Gasteiger partial charge is 0.343 e. The van der Waals surface area contributed by atoms with Gasteiger partial charge in [0.15, 0.2) is 0 Å². The molecule has 0 fully saturated rings. The Bertz CT molecular complexity index is 3460. The van der Waals surface area contributed by atoms with Crippen molar-refractivity contribution in [3.63, 3.8) is 0 Å². The number of benzene rings is 10. The number of aryl methyl sites for hydroxylation is 2. The van der Waals surface area contributed by atoms with Crippen LogP contribution in [0.4, 0.5) is 0 Å². The van der Waals surface area contributed by atoms with E-state index in [0.29, 0.717) is 0 Å². The Morgan fingerprint density at radius 3 is 1.29 bits per heavy atom. The molecule has 0 saturated heterocycles. The Morgan fingerprint density at radius 1 is 0.276 bits per heavy atom. The van der Waals surface area contributed by atoms with E-state index in [4.69, 9.17) is 0 Å². The van der Waals surface area contributed by atoms with Crippen molar-refractivity contribution in [2.45, 2.75) is 0 Å². The smallest absolute Gasteiger partial charge is 0.0568 e. The van der Waals surface area contributed by atoms with Crippen LogP contribution in [0.25, 0.3) is 120 Å². The summed E-state index contributed by atoms with van der Waals surface area (Å²) in [5.41, 5.74) is 14.9. The number of nitrogens with zero attached hydrogens (tertiary/aromatic N) is 2. The zero-order valence-corrected chi connectivity index (χ0v) is 32.4. The van der Waals surface area contributed by atoms with Gasteiger partial charge in [0.1, 0.15) is 0 Å². The Kier molecular flexibility index (Phi) is 7.09. The minimum Gasteiger partial charge on any atom is -0.343 e. The maximum absolute atomic E-state index is 2.50. The first-order valence-electron chi connectivity index (χ1n) is 20.1. The van der Waals surface area contributed by atoms with Gasteiger partial charge in [-0.2, -0.15) is 0 Å². The van der Waals surface area contributed by atoms with E-state index in [9.17, 15) is 0 Å². The van der Waals surface area contributed by atoms with E-state index in [0.717, 1.165) is 0 Å². The lowest BCUT2D eigenvalue weighted by Crippen LogP contribution is -1.95. The first-order valence-corrected chi connectivity index (χ1v) is 20.1. The zero-order chi connectivity index (χ0) is 38.5. The van der Waals surface area contributed by atoms with Gasteiger partial charge in [-0.15, -0.1) is 0 Å². The summed E-state index contributed by atoms with van der Waals surface area (Å²) in [6.07, 6.45) is 0. The fraction of sp³-hybridized carbons (Fsp3) is 0.0357. The Morgan fingerprint density at radius 2 is 0.724 bits per heavy atom. The molecule has 10 aromatic carbocycles. The normalized spacial score (nSPS) is 12.0. The van der Waals surface area contributed by atoms with E-state index in [-0.39, 0.29) is 0 Å². The van der Waals surface area contributed by atoms with Crippen molar-refractivity contribution in [2.24, 2.45) is 14.1 Å². The molecule has 12 aromatic rings. The zero-order valence-electron chi connectivity index (χ0n) is 32.4. The number of hydrogen-bond acceptors (Lipinski definition) is 0. The molecule has 0 saturated carbocycles. The topological polar surface area (TPSA) is 9.86 Å². The number of hydrogen-bond donors (Lipinski definition) is 0. The van der Waals surface area contributed by atoms with E-state index in [2.05, 4.69) is 217 Å². The molecular formula is C56H38N2. The second kappa shape index (κ2) is 12.5. The predicted molar refractivity (Wildman–Crippen MR) is 249 cm³/mol. The highest BCUT2D eigenvalue weighted by molar-refractivity contribution is 6.26. The molecule has 0 bridgehead atoms. The Balaban J connectivity index is 1.28. The summed E-state index contributed by atoms with van der Waals surface area (Å²) < 4.78 is 4.76. The van der Waals surface area contributed by atoms with Gasteiger partial charge in [0.05, 0.1) is 11.0 Å². The van der Waals surface area contributed by atoms with Crippen LogP contribution in [0, 0.1) is 0 Å². The highest BCUT2D eigenvalue weighted by atomic mass is 14.9. The van der Waals surface area contributed by atoms with Gasteiger partial charge >= 0.3 is 0 Å². The van der Waals surface area contributed by atoms with Gasteiger partial charge in [-0.1, -0.05) is 176 Å². The molecule has 58 heavy (non-hydrogen) atoms. The van der Waals surface area contributed by atoms with E-state index < -0.39 is 0 Å². The molecule has 2 nitrogen and oxygen atoms in total. The van der Waals surface area contributed by atoms with Crippen LogP contribution in [0.1, 0.15) is 0 Å². The molecule has 2 aromatic heterocycles. The van der Waals surface area contributed by atoms with E-state index >= 15 is 0 Å². The summed E-state index contributed by atoms with van der Waals surface area (Å²) in [6.45, 7) is 0. The first-order chi connectivity index (χ1) is 28.7. The van der Waals surface area contributed by atoms with E-state index in [1.165, 1.54) is 120 Å². The standard InChI is InChI=1S/C56H38N2/c1-57-51-30-10-8-20-41(51)47-28-14-26-45(55(47)57)39-22-12-24-43-49(39)34-50-40(46-27-15-29-48-42-21-9-11-31-52(42)58(2)56(46)48)23-13-25-44(50)54(43)53-37-19-7-6-18-36(37)32-33-38(53)35-16-4-3-5-17-35/h3-34H,1-2H3. The third-order valence-corrected chi connectivity index (χ3v) is 12.7. The van der Waals surface area contributed by atoms with Crippen molar-refractivity contribution in [3.8, 4) is 44.5 Å². The number of rotatable bonds is 4. The highest BCUT2D eigenvalue weighted by Crippen LogP contribution is 2.49. The minimum absolute atomic E-state index is 1.21. The van der Waals surface area contributed by atoms with Gasteiger partial charge in [-0.05, 0) is 83.9 Å². The van der Waals surface area contributed by atoms with Crippen LogP contribution in [-0.2, 0) is 14.1 Å². The number of aromatic nitrogens is 2. The quantitative estimate of drug-likeness (QED) is 0.159. The summed E-state index contributed by atoms with van der Waals surface area (Å²) >= 11 is 0. The third kappa shape index (κ3) is 4.60. The van der Waals surface area contributed by atoms with Crippen molar-refractivity contribution < 1.29 is 0 Å². The minimum atomic E-state index is 1.21. The van der Waals surface area contributed by atoms with Gasteiger partial charge in [0.25, 0.3) is 0 Å². The molecule has 0 unspecified atom stereocenters. The molecule has 2 heteroatoms. The van der Waals surface area contributed by atoms with Crippen molar-refractivity contribution in [1.29, 1.82) is 0 Å². The first kappa shape index (κ1) is 32.8. The third-order valence-electron chi connectivity index (χ3n) is 12.7. The second-order valence-electron chi connectivity index (χ2n) is 15.7. The summed E-state index contributed by atoms with van der Waals surface area (Å²) in [4.78, 5) is 0. The average Bonchev–Trinajstić information content (AvgIpc) is 3.75. The van der Waals surface area contributed by atoms with Crippen LogP contribution in [0.3, 0.4) is 0 Å². The van der Waals surface area contributed by atoms with Crippen molar-refractivity contribution in [2.75, 3.05) is 0 Å². The van der Waals surface area contributed by atoms with Gasteiger partial charge in [-0.25, -0.2) is 0 Å². The van der Waals surface area contributed by atoms with Gasteiger partial charge in [0, 0.05) is 57.8 Å². The highest BCUT2D eigenvalue weighted by Gasteiger charge is 2.23. The van der Waals surface area contributed by atoms with Crippen LogP contribution in [0.15, 0.2) is 194 Å². The molecule has 0 N–H and O–H groups in total. The SMILES string of the molecule is Cn1c2ccccc2c2cccc(-c3cccc4c(-c5c(-c6ccccc6)ccc6ccccc56)c5cccc(-c6cccc7c8ccccc8n(C)c67)c5cc34)c21. The molecule has 0 atom stereocenters. The lowest BCUT2D eigenvalue weighted by molar-refractivity contribution is 1.02. The number of para-hydroxylation sites is 4. The fourth-order valence-electron chi connectivity index (χ4n) is 10.2. The number of fused-ring (bicyclic) bond motifs is 9. The van der Waals surface area contributed by atoms with Crippen molar-refractivity contribution in [1.82, 2.24) is 9.13 Å². The molecule has 0 spiro atoms. The molecule has 2 heterocycles. The average molecular weight is 739 g/mol.